The molecular weight excluding hydrogens is 829 g/mol. The van der Waals surface area contributed by atoms with Gasteiger partial charge in [-0.2, -0.15) is 0 Å². The van der Waals surface area contributed by atoms with Gasteiger partial charge < -0.3 is 4.74 Å². The molecule has 0 saturated heterocycles. The van der Waals surface area contributed by atoms with Crippen molar-refractivity contribution in [3.05, 3.63) is 198 Å². The molecule has 0 aliphatic rings. The van der Waals surface area contributed by atoms with Crippen molar-refractivity contribution in [2.24, 2.45) is 5.41 Å². The second kappa shape index (κ2) is 16.8. The van der Waals surface area contributed by atoms with Crippen molar-refractivity contribution in [3.63, 3.8) is 0 Å². The largest absolute Gasteiger partial charge is 0.458 e. The number of benzene rings is 7. The Balaban J connectivity index is 1.15. The Kier molecular flexibility index (Phi) is 9.35. The molecule has 340 valence electrons. The molecule has 5 nitrogen and oxygen atoms in total. The van der Waals surface area contributed by atoms with Crippen LogP contribution >= 0.6 is 0 Å². The smallest absolute Gasteiger partial charge is 0.269 e. The molecule has 10 aromatic rings. The van der Waals surface area contributed by atoms with Crippen LogP contribution in [0.5, 0.6) is 11.5 Å². The highest BCUT2D eigenvalue weighted by Crippen LogP contribution is 2.41. The molecule has 3 aromatic heterocycles. The lowest BCUT2D eigenvalue weighted by Crippen LogP contribution is -2.32. The van der Waals surface area contributed by atoms with Gasteiger partial charge in [0.2, 0.25) is 0 Å². The maximum Gasteiger partial charge on any atom is 0.269 e. The lowest BCUT2D eigenvalue weighted by atomic mass is 9.78. The fraction of sp³-hybridized carbons (Fsp3) is 0.238. The number of hydrogen-bond acceptors (Lipinski definition) is 2. The summed E-state index contributed by atoms with van der Waals surface area (Å²) in [5.41, 5.74) is 10.8. The van der Waals surface area contributed by atoms with Crippen LogP contribution in [0.3, 0.4) is 0 Å². The fourth-order valence-electron chi connectivity index (χ4n) is 9.22. The van der Waals surface area contributed by atoms with Gasteiger partial charge in [0.15, 0.2) is 0 Å². The number of pyridine rings is 1. The van der Waals surface area contributed by atoms with Crippen LogP contribution < -0.4 is 9.30 Å². The summed E-state index contributed by atoms with van der Waals surface area (Å²) in [7, 11) is 0. The highest BCUT2D eigenvalue weighted by atomic mass is 16.5. The van der Waals surface area contributed by atoms with E-state index in [9.17, 15) is 4.11 Å². The van der Waals surface area contributed by atoms with Crippen molar-refractivity contribution in [2.75, 3.05) is 0 Å². The molecule has 5 heteroatoms. The molecule has 68 heavy (non-hydrogen) atoms. The van der Waals surface area contributed by atoms with Crippen molar-refractivity contribution in [2.45, 2.75) is 92.9 Å². The minimum atomic E-state index is -0.868. The molecule has 10 rings (SSSR count). The van der Waals surface area contributed by atoms with E-state index in [4.69, 9.17) is 13.8 Å². The monoisotopic (exact) mass is 897 g/mol. The second-order valence-corrected chi connectivity index (χ2v) is 21.1. The van der Waals surface area contributed by atoms with Crippen molar-refractivity contribution in [3.8, 4) is 50.9 Å². The summed E-state index contributed by atoms with van der Waals surface area (Å²) in [6.07, 6.45) is 5.53. The average molecular weight is 897 g/mol. The van der Waals surface area contributed by atoms with Gasteiger partial charge in [-0.25, -0.2) is 4.98 Å². The van der Waals surface area contributed by atoms with Gasteiger partial charge in [0.05, 0.1) is 40.3 Å². The first-order valence-corrected chi connectivity index (χ1v) is 23.5. The van der Waals surface area contributed by atoms with Gasteiger partial charge in [-0.1, -0.05) is 178 Å². The van der Waals surface area contributed by atoms with Gasteiger partial charge >= 0.3 is 0 Å². The van der Waals surface area contributed by atoms with E-state index in [1.54, 1.807) is 6.20 Å². The van der Waals surface area contributed by atoms with Crippen molar-refractivity contribution in [1.29, 1.82) is 0 Å². The van der Waals surface area contributed by atoms with E-state index < -0.39 is 24.0 Å². The molecule has 0 N–H and O–H groups in total. The zero-order chi connectivity index (χ0) is 53.0. The molecule has 0 radical (unpaired) electrons. The molecule has 0 aliphatic heterocycles. The molecule has 1 unspecified atom stereocenters. The highest BCUT2D eigenvalue weighted by Gasteiger charge is 2.26. The Labute approximate surface area is 410 Å². The molecule has 0 spiro atoms. The quantitative estimate of drug-likeness (QED) is 0.113. The summed E-state index contributed by atoms with van der Waals surface area (Å²) in [5.74, 6) is 1.09. The van der Waals surface area contributed by atoms with Crippen molar-refractivity contribution >= 4 is 32.8 Å². The summed E-state index contributed by atoms with van der Waals surface area (Å²) in [5, 5.41) is 2.13. The third kappa shape index (κ3) is 8.19. The summed E-state index contributed by atoms with van der Waals surface area (Å²) in [6.45, 7) is 23.5. The number of aromatic nitrogens is 4. The fourth-order valence-corrected chi connectivity index (χ4v) is 9.22. The van der Waals surface area contributed by atoms with Crippen molar-refractivity contribution in [1.82, 2.24) is 14.1 Å². The number of rotatable bonds is 8. The van der Waals surface area contributed by atoms with Gasteiger partial charge in [-0.05, 0) is 122 Å². The van der Waals surface area contributed by atoms with E-state index in [1.165, 1.54) is 0 Å². The number of aryl methyl sites for hydroxylation is 1. The van der Waals surface area contributed by atoms with Gasteiger partial charge in [-0.3, -0.25) is 13.7 Å². The molecule has 7 aromatic carbocycles. The number of nitrogens with zero attached hydrogens (tertiary/aromatic N) is 4. The summed E-state index contributed by atoms with van der Waals surface area (Å²) >= 11 is 0. The third-order valence-electron chi connectivity index (χ3n) is 13.4. The summed E-state index contributed by atoms with van der Waals surface area (Å²) in [4.78, 5) is 4.87. The van der Waals surface area contributed by atoms with Crippen LogP contribution in [0.25, 0.3) is 72.3 Å². The normalized spacial score (nSPS) is 14.6. The number of imidazole rings is 1. The maximum atomic E-state index is 9.39. The van der Waals surface area contributed by atoms with Gasteiger partial charge in [-0.15, -0.1) is 0 Å². The highest BCUT2D eigenvalue weighted by molar-refractivity contribution is 6.09. The maximum absolute atomic E-state index is 9.39. The first kappa shape index (κ1) is 37.8. The van der Waals surface area contributed by atoms with Gasteiger partial charge in [0, 0.05) is 24.4 Å². The minimum Gasteiger partial charge on any atom is -0.458 e. The predicted octanol–water partition coefficient (Wildman–Crippen LogP) is 16.4. The summed E-state index contributed by atoms with van der Waals surface area (Å²) < 4.78 is 66.9. The lowest BCUT2D eigenvalue weighted by molar-refractivity contribution is -0.571. The first-order valence-electron chi connectivity index (χ1n) is 26.5. The van der Waals surface area contributed by atoms with Crippen LogP contribution in [0.15, 0.2) is 170 Å². The Morgan fingerprint density at radius 2 is 1.28 bits per heavy atom. The van der Waals surface area contributed by atoms with E-state index >= 15 is 0 Å². The molecule has 0 saturated carbocycles. The number of para-hydroxylation sites is 3. The zero-order valence-corrected chi connectivity index (χ0v) is 41.0. The Hall–Kier alpha value is -7.24. The lowest BCUT2D eigenvalue weighted by Gasteiger charge is -2.27. The molecule has 0 aliphatic carbocycles. The molecule has 3 heterocycles. The van der Waals surface area contributed by atoms with Gasteiger partial charge in [0.1, 0.15) is 17.3 Å². The van der Waals surface area contributed by atoms with Crippen LogP contribution in [0.2, 0.25) is 0 Å². The number of hydrogen-bond donors (Lipinski definition) is 0. The average Bonchev–Trinajstić information content (AvgIpc) is 3.92. The van der Waals surface area contributed by atoms with E-state index in [0.29, 0.717) is 22.7 Å². The van der Waals surface area contributed by atoms with E-state index in [1.807, 2.05) is 101 Å². The van der Waals surface area contributed by atoms with Crippen molar-refractivity contribution < 1.29 is 17.5 Å². The van der Waals surface area contributed by atoms with E-state index in [-0.39, 0.29) is 33.9 Å². The van der Waals surface area contributed by atoms with Gasteiger partial charge in [0.25, 0.3) is 6.33 Å². The molecule has 0 bridgehead atoms. The van der Waals surface area contributed by atoms with Crippen LogP contribution in [-0.2, 0) is 10.8 Å². The SMILES string of the molecule is [2H]c1c([2H])c([2H])c(-c2cccc(-c3cc(C(C)(C)C)cc(C(C)(C)C)c3)c2-[n+]2[c-]n(-c3cccc(Oc4ccc5c6ccccc6n(-c6cc(C([2H])(C)C(C)(C)C)ccn6)c5c4)c3)c3cccc(C)c32)c([2H])c1[2H]. The standard InChI is InChI=1S/C63H62N4O/c1-41-20-17-29-56-59(41)66(60-51(43-21-13-12-14-22-43)26-19-27-52(60)45-34-46(62(6,7)8)37-47(35-45)63(9,10)11)40-65(56)48-23-18-24-49(38-48)68-50-30-31-54-53-25-15-16-28-55(53)67(57(54)39-50)58-36-44(32-33-64-58)42(2)61(3,4)5/h12-39,42H,1-11H3/i12D,13D,14D,21D,22D,42D. The Bertz CT molecular complexity index is 3820. The van der Waals surface area contributed by atoms with Crippen LogP contribution in [0, 0.1) is 18.7 Å². The molecule has 0 amide bonds. The number of fused-ring (bicyclic) bond motifs is 4. The van der Waals surface area contributed by atoms with E-state index in [2.05, 4.69) is 129 Å². The zero-order valence-electron chi connectivity index (χ0n) is 47.0. The number of ether oxygens (including phenoxy) is 1. The van der Waals surface area contributed by atoms with Crippen LogP contribution in [0.1, 0.15) is 106 Å². The first-order chi connectivity index (χ1) is 34.8. The van der Waals surface area contributed by atoms with Crippen LogP contribution in [-0.4, -0.2) is 14.1 Å². The minimum absolute atomic E-state index is 0.112. The van der Waals surface area contributed by atoms with E-state index in [0.717, 1.165) is 77.7 Å². The third-order valence-corrected chi connectivity index (χ3v) is 13.4. The molecule has 1 atom stereocenters. The van der Waals surface area contributed by atoms with Crippen LogP contribution in [0.4, 0.5) is 0 Å². The second-order valence-electron chi connectivity index (χ2n) is 21.1. The Morgan fingerprint density at radius 3 is 2.00 bits per heavy atom. The molecule has 0 fully saturated rings. The Morgan fingerprint density at radius 1 is 0.632 bits per heavy atom. The topological polar surface area (TPSA) is 35.9 Å². The summed E-state index contributed by atoms with van der Waals surface area (Å²) in [6, 6.07) is 43.1. The molecular formula is C63H62N4O. The predicted molar refractivity (Wildman–Crippen MR) is 283 cm³/mol.